The lowest BCUT2D eigenvalue weighted by molar-refractivity contribution is 0.0697. The van der Waals surface area contributed by atoms with Gasteiger partial charge >= 0.3 is 0 Å². The van der Waals surface area contributed by atoms with Gasteiger partial charge in [-0.3, -0.25) is 9.78 Å². The van der Waals surface area contributed by atoms with E-state index >= 15 is 0 Å². The second kappa shape index (κ2) is 7.84. The maximum absolute atomic E-state index is 12.7. The van der Waals surface area contributed by atoms with E-state index in [1.165, 1.54) is 10.6 Å². The molecule has 1 fully saturated rings. The first kappa shape index (κ1) is 18.3. The molecule has 8 heteroatoms. The van der Waals surface area contributed by atoms with Gasteiger partial charge in [-0.25, -0.2) is 8.42 Å². The predicted octanol–water partition coefficient (Wildman–Crippen LogP) is 1.38. The molecule has 0 radical (unpaired) electrons. The summed E-state index contributed by atoms with van der Waals surface area (Å²) in [6, 6.07) is 10.8. The Balaban J connectivity index is 1.62. The van der Waals surface area contributed by atoms with Gasteiger partial charge in [-0.15, -0.1) is 0 Å². The Morgan fingerprint density at radius 3 is 2.58 bits per heavy atom. The molecular weight excluding hydrogens is 354 g/mol. The largest absolute Gasteiger partial charge is 0.489 e. The number of ether oxygens (including phenoxy) is 1. The van der Waals surface area contributed by atoms with Crippen molar-refractivity contribution in [1.82, 2.24) is 14.2 Å². The Labute approximate surface area is 153 Å². The van der Waals surface area contributed by atoms with Gasteiger partial charge in [0.25, 0.3) is 5.91 Å². The maximum Gasteiger partial charge on any atom is 0.254 e. The molecule has 1 amide bonds. The molecule has 0 atom stereocenters. The third-order valence-corrected chi connectivity index (χ3v) is 5.51. The maximum atomic E-state index is 12.7. The van der Waals surface area contributed by atoms with Gasteiger partial charge in [-0.2, -0.15) is 4.31 Å². The van der Waals surface area contributed by atoms with Crippen LogP contribution in [0.15, 0.2) is 48.8 Å². The minimum atomic E-state index is -3.21. The Morgan fingerprint density at radius 1 is 1.15 bits per heavy atom. The van der Waals surface area contributed by atoms with E-state index in [2.05, 4.69) is 4.98 Å². The molecule has 0 spiro atoms. The smallest absolute Gasteiger partial charge is 0.254 e. The molecule has 1 aliphatic rings. The highest BCUT2D eigenvalue weighted by atomic mass is 32.2. The minimum Gasteiger partial charge on any atom is -0.489 e. The molecule has 0 saturated carbocycles. The Morgan fingerprint density at radius 2 is 1.92 bits per heavy atom. The first-order valence-electron chi connectivity index (χ1n) is 8.29. The molecule has 2 heterocycles. The molecule has 1 saturated heterocycles. The molecule has 1 aliphatic heterocycles. The van der Waals surface area contributed by atoms with Crippen molar-refractivity contribution in [2.75, 3.05) is 32.4 Å². The van der Waals surface area contributed by atoms with Crippen LogP contribution >= 0.6 is 0 Å². The lowest BCUT2D eigenvalue weighted by Crippen LogP contribution is -2.50. The predicted molar refractivity (Wildman–Crippen MR) is 97.3 cm³/mol. The highest BCUT2D eigenvalue weighted by molar-refractivity contribution is 7.88. The number of sulfonamides is 1. The number of nitrogens with zero attached hydrogens (tertiary/aromatic N) is 3. The van der Waals surface area contributed by atoms with Crippen molar-refractivity contribution in [1.29, 1.82) is 0 Å². The van der Waals surface area contributed by atoms with E-state index < -0.39 is 10.0 Å². The second-order valence-corrected chi connectivity index (χ2v) is 8.11. The van der Waals surface area contributed by atoms with Crippen LogP contribution in [0, 0.1) is 0 Å². The molecule has 7 nitrogen and oxygen atoms in total. The highest BCUT2D eigenvalue weighted by Crippen LogP contribution is 2.18. The van der Waals surface area contributed by atoms with Crippen molar-refractivity contribution in [3.63, 3.8) is 0 Å². The third-order valence-electron chi connectivity index (χ3n) is 4.20. The number of hydrogen-bond donors (Lipinski definition) is 0. The van der Waals surface area contributed by atoms with Crippen LogP contribution in [0.3, 0.4) is 0 Å². The lowest BCUT2D eigenvalue weighted by atomic mass is 10.1. The van der Waals surface area contributed by atoms with Crippen molar-refractivity contribution in [2.24, 2.45) is 0 Å². The Bertz CT molecular complexity index is 863. The van der Waals surface area contributed by atoms with Crippen molar-refractivity contribution in [3.8, 4) is 5.75 Å². The van der Waals surface area contributed by atoms with Gasteiger partial charge in [0.2, 0.25) is 10.0 Å². The number of aromatic nitrogens is 1. The number of hydrogen-bond acceptors (Lipinski definition) is 5. The Hall–Kier alpha value is -2.45. The number of benzene rings is 1. The summed E-state index contributed by atoms with van der Waals surface area (Å²) in [5, 5.41) is 0. The molecule has 1 aromatic carbocycles. The Kier molecular flexibility index (Phi) is 5.53. The fourth-order valence-electron chi connectivity index (χ4n) is 2.77. The first-order chi connectivity index (χ1) is 12.4. The van der Waals surface area contributed by atoms with Crippen LogP contribution in [0.1, 0.15) is 15.9 Å². The molecule has 3 rings (SSSR count). The van der Waals surface area contributed by atoms with Crippen molar-refractivity contribution in [2.45, 2.75) is 6.61 Å². The summed E-state index contributed by atoms with van der Waals surface area (Å²) in [5.41, 5.74) is 1.47. The minimum absolute atomic E-state index is 0.120. The monoisotopic (exact) mass is 375 g/mol. The summed E-state index contributed by atoms with van der Waals surface area (Å²) in [4.78, 5) is 18.4. The van der Waals surface area contributed by atoms with Crippen LogP contribution in [0.2, 0.25) is 0 Å². The van der Waals surface area contributed by atoms with Gasteiger partial charge in [0.1, 0.15) is 12.4 Å². The summed E-state index contributed by atoms with van der Waals surface area (Å²) in [5.74, 6) is 0.486. The van der Waals surface area contributed by atoms with Crippen LogP contribution in [0.25, 0.3) is 0 Å². The molecule has 0 aliphatic carbocycles. The fraction of sp³-hybridized carbons (Fsp3) is 0.333. The molecule has 1 aromatic heterocycles. The zero-order chi connectivity index (χ0) is 18.6. The molecule has 26 heavy (non-hydrogen) atoms. The van der Waals surface area contributed by atoms with Gasteiger partial charge < -0.3 is 9.64 Å². The standard InChI is InChI=1S/C18H21N3O4S/c1-26(23,24)21-10-8-20(9-11-21)18(22)16-5-2-6-17(12-16)25-14-15-4-3-7-19-13-15/h2-7,12-13H,8-11,14H2,1H3. The molecule has 138 valence electrons. The van der Waals surface area contributed by atoms with E-state index in [1.54, 1.807) is 41.6 Å². The number of rotatable bonds is 5. The number of amides is 1. The number of piperazine rings is 1. The SMILES string of the molecule is CS(=O)(=O)N1CCN(C(=O)c2cccc(OCc3cccnc3)c2)CC1. The van der Waals surface area contributed by atoms with E-state index in [-0.39, 0.29) is 5.91 Å². The van der Waals surface area contributed by atoms with Crippen molar-refractivity contribution < 1.29 is 17.9 Å². The van der Waals surface area contributed by atoms with E-state index in [0.717, 1.165) is 5.56 Å². The van der Waals surface area contributed by atoms with E-state index in [9.17, 15) is 13.2 Å². The normalized spacial score (nSPS) is 15.7. The van der Waals surface area contributed by atoms with Gasteiger partial charge in [0, 0.05) is 49.7 Å². The van der Waals surface area contributed by atoms with Gasteiger partial charge in [-0.1, -0.05) is 12.1 Å². The van der Waals surface area contributed by atoms with Gasteiger partial charge in [-0.05, 0) is 24.3 Å². The third kappa shape index (κ3) is 4.59. The number of carbonyl (C=O) groups is 1. The molecule has 2 aromatic rings. The van der Waals surface area contributed by atoms with Crippen LogP contribution in [-0.2, 0) is 16.6 Å². The number of pyridine rings is 1. The summed E-state index contributed by atoms with van der Waals surface area (Å²) in [6.45, 7) is 1.78. The highest BCUT2D eigenvalue weighted by Gasteiger charge is 2.26. The average Bonchev–Trinajstić information content (AvgIpc) is 2.66. The second-order valence-electron chi connectivity index (χ2n) is 6.13. The van der Waals surface area contributed by atoms with Crippen molar-refractivity contribution in [3.05, 3.63) is 59.9 Å². The zero-order valence-electron chi connectivity index (χ0n) is 14.5. The quantitative estimate of drug-likeness (QED) is 0.789. The zero-order valence-corrected chi connectivity index (χ0v) is 15.4. The van der Waals surface area contributed by atoms with Gasteiger partial charge in [0.05, 0.1) is 6.26 Å². The van der Waals surface area contributed by atoms with Crippen molar-refractivity contribution >= 4 is 15.9 Å². The average molecular weight is 375 g/mol. The summed E-state index contributed by atoms with van der Waals surface area (Å²) in [6.07, 6.45) is 4.62. The fourth-order valence-corrected chi connectivity index (χ4v) is 3.60. The van der Waals surface area contributed by atoms with Crippen LogP contribution in [-0.4, -0.2) is 60.9 Å². The summed E-state index contributed by atoms with van der Waals surface area (Å²) >= 11 is 0. The topological polar surface area (TPSA) is 79.8 Å². The van der Waals surface area contributed by atoms with Crippen LogP contribution in [0.4, 0.5) is 0 Å². The van der Waals surface area contributed by atoms with E-state index in [4.69, 9.17) is 4.74 Å². The first-order valence-corrected chi connectivity index (χ1v) is 10.1. The van der Waals surface area contributed by atoms with Gasteiger partial charge in [0.15, 0.2) is 0 Å². The van der Waals surface area contributed by atoms with Crippen LogP contribution in [0.5, 0.6) is 5.75 Å². The summed E-state index contributed by atoms with van der Waals surface area (Å²) < 4.78 is 30.3. The van der Waals surface area contributed by atoms with Crippen LogP contribution < -0.4 is 4.74 Å². The van der Waals surface area contributed by atoms with E-state index in [1.807, 2.05) is 12.1 Å². The summed E-state index contributed by atoms with van der Waals surface area (Å²) in [7, 11) is -3.21. The number of carbonyl (C=O) groups excluding carboxylic acids is 1. The molecule has 0 unspecified atom stereocenters. The lowest BCUT2D eigenvalue weighted by Gasteiger charge is -2.33. The molecule has 0 N–H and O–H groups in total. The molecular formula is C18H21N3O4S. The van der Waals surface area contributed by atoms with E-state index in [0.29, 0.717) is 44.1 Å². The molecule has 0 bridgehead atoms.